The van der Waals surface area contributed by atoms with Crippen LogP contribution in [0.4, 0.5) is 4.39 Å². The largest absolute Gasteiger partial charge is 0.493 e. The zero-order valence-electron chi connectivity index (χ0n) is 17.2. The summed E-state index contributed by atoms with van der Waals surface area (Å²) in [5.74, 6) is 1.35. The summed E-state index contributed by atoms with van der Waals surface area (Å²) in [5, 5.41) is 0. The van der Waals surface area contributed by atoms with Gasteiger partial charge in [-0.25, -0.2) is 4.39 Å². The Labute approximate surface area is 172 Å². The lowest BCUT2D eigenvalue weighted by Gasteiger charge is -2.22. The van der Waals surface area contributed by atoms with Crippen LogP contribution in [0.5, 0.6) is 11.5 Å². The van der Waals surface area contributed by atoms with Gasteiger partial charge in [-0.2, -0.15) is 0 Å². The molecule has 1 aliphatic heterocycles. The quantitative estimate of drug-likeness (QED) is 0.713. The van der Waals surface area contributed by atoms with Gasteiger partial charge < -0.3 is 14.4 Å². The first-order valence-corrected chi connectivity index (χ1v) is 10.0. The number of hydrogen-bond donors (Lipinski definition) is 0. The van der Waals surface area contributed by atoms with Crippen molar-refractivity contribution in [1.82, 2.24) is 9.80 Å². The van der Waals surface area contributed by atoms with Crippen molar-refractivity contribution in [3.8, 4) is 11.5 Å². The Bertz CT molecular complexity index is 810. The summed E-state index contributed by atoms with van der Waals surface area (Å²) in [7, 11) is 3.22. The van der Waals surface area contributed by atoms with Crippen LogP contribution in [-0.4, -0.2) is 56.1 Å². The van der Waals surface area contributed by atoms with Gasteiger partial charge in [0.2, 0.25) is 5.91 Å². The second-order valence-corrected chi connectivity index (χ2v) is 7.33. The number of nitrogens with zero attached hydrogens (tertiary/aromatic N) is 2. The molecule has 1 saturated heterocycles. The molecule has 1 fully saturated rings. The first-order chi connectivity index (χ1) is 14.1. The number of amides is 1. The third-order valence-corrected chi connectivity index (χ3v) is 5.34. The molecule has 0 unspecified atom stereocenters. The van der Waals surface area contributed by atoms with Crippen molar-refractivity contribution in [3.63, 3.8) is 0 Å². The average molecular weight is 400 g/mol. The maximum Gasteiger partial charge on any atom is 0.222 e. The van der Waals surface area contributed by atoms with Gasteiger partial charge in [0.25, 0.3) is 0 Å². The lowest BCUT2D eigenvalue weighted by molar-refractivity contribution is -0.131. The van der Waals surface area contributed by atoms with Crippen LogP contribution in [0.1, 0.15) is 24.0 Å². The number of aryl methyl sites for hydroxylation is 1. The van der Waals surface area contributed by atoms with Crippen molar-refractivity contribution >= 4 is 5.91 Å². The summed E-state index contributed by atoms with van der Waals surface area (Å²) >= 11 is 0. The molecule has 2 aromatic rings. The van der Waals surface area contributed by atoms with E-state index in [0.717, 1.165) is 50.3 Å². The van der Waals surface area contributed by atoms with Crippen LogP contribution < -0.4 is 9.47 Å². The minimum Gasteiger partial charge on any atom is -0.493 e. The standard InChI is InChI=1S/C23H29FN2O3/c1-28-21-10-6-18(16-22(21)29-2)7-11-23(27)26-13-3-12-25(14-15-26)17-19-4-8-20(24)9-5-19/h4-6,8-10,16H,3,7,11-15,17H2,1-2H3. The molecule has 1 heterocycles. The van der Waals surface area contributed by atoms with Gasteiger partial charge in [0.05, 0.1) is 14.2 Å². The Kier molecular flexibility index (Phi) is 7.47. The molecule has 0 aliphatic carbocycles. The smallest absolute Gasteiger partial charge is 0.222 e. The number of hydrogen-bond acceptors (Lipinski definition) is 4. The fourth-order valence-corrected chi connectivity index (χ4v) is 3.67. The molecule has 29 heavy (non-hydrogen) atoms. The summed E-state index contributed by atoms with van der Waals surface area (Å²) in [6.45, 7) is 4.07. The fraction of sp³-hybridized carbons (Fsp3) is 0.435. The van der Waals surface area contributed by atoms with Gasteiger partial charge in [-0.15, -0.1) is 0 Å². The molecule has 0 aromatic heterocycles. The summed E-state index contributed by atoms with van der Waals surface area (Å²) < 4.78 is 23.7. The Hall–Kier alpha value is -2.60. The summed E-state index contributed by atoms with van der Waals surface area (Å²) in [6, 6.07) is 12.4. The Balaban J connectivity index is 1.49. The molecule has 0 radical (unpaired) electrons. The highest BCUT2D eigenvalue weighted by Crippen LogP contribution is 2.28. The predicted octanol–water partition coefficient (Wildman–Crippen LogP) is 3.51. The molecule has 0 bridgehead atoms. The van der Waals surface area contributed by atoms with Crippen molar-refractivity contribution in [2.24, 2.45) is 0 Å². The molecule has 0 N–H and O–H groups in total. The maximum absolute atomic E-state index is 13.1. The number of rotatable bonds is 7. The molecule has 5 nitrogen and oxygen atoms in total. The molecule has 6 heteroatoms. The number of carbonyl (C=O) groups is 1. The van der Waals surface area contributed by atoms with E-state index in [1.165, 1.54) is 12.1 Å². The Morgan fingerprint density at radius 1 is 0.931 bits per heavy atom. The molecule has 156 valence electrons. The normalized spacial score (nSPS) is 15.1. The first kappa shape index (κ1) is 21.1. The second-order valence-electron chi connectivity index (χ2n) is 7.33. The van der Waals surface area contributed by atoms with Crippen molar-refractivity contribution < 1.29 is 18.7 Å². The lowest BCUT2D eigenvalue weighted by Crippen LogP contribution is -2.35. The molecule has 1 amide bonds. The van der Waals surface area contributed by atoms with Crippen molar-refractivity contribution in [2.45, 2.75) is 25.8 Å². The average Bonchev–Trinajstić information content (AvgIpc) is 2.99. The van der Waals surface area contributed by atoms with E-state index in [1.807, 2.05) is 35.2 Å². The van der Waals surface area contributed by atoms with Crippen LogP contribution >= 0.6 is 0 Å². The van der Waals surface area contributed by atoms with Gasteiger partial charge in [-0.3, -0.25) is 9.69 Å². The number of benzene rings is 2. The highest BCUT2D eigenvalue weighted by atomic mass is 19.1. The molecular weight excluding hydrogens is 371 g/mol. The van der Waals surface area contributed by atoms with Crippen LogP contribution in [0.25, 0.3) is 0 Å². The second kappa shape index (κ2) is 10.3. The lowest BCUT2D eigenvalue weighted by atomic mass is 10.1. The summed E-state index contributed by atoms with van der Waals surface area (Å²) in [5.41, 5.74) is 2.16. The molecule has 0 spiro atoms. The number of halogens is 1. The molecule has 1 aliphatic rings. The van der Waals surface area contributed by atoms with E-state index >= 15 is 0 Å². The topological polar surface area (TPSA) is 42.0 Å². The molecule has 0 atom stereocenters. The van der Waals surface area contributed by atoms with Gasteiger partial charge in [0, 0.05) is 39.1 Å². The van der Waals surface area contributed by atoms with E-state index in [9.17, 15) is 9.18 Å². The van der Waals surface area contributed by atoms with Crippen molar-refractivity contribution in [2.75, 3.05) is 40.4 Å². The van der Waals surface area contributed by atoms with Gasteiger partial charge in [-0.05, 0) is 48.2 Å². The van der Waals surface area contributed by atoms with E-state index in [4.69, 9.17) is 9.47 Å². The molecule has 0 saturated carbocycles. The minimum atomic E-state index is -0.212. The fourth-order valence-electron chi connectivity index (χ4n) is 3.67. The van der Waals surface area contributed by atoms with Gasteiger partial charge in [0.15, 0.2) is 11.5 Å². The highest BCUT2D eigenvalue weighted by molar-refractivity contribution is 5.76. The van der Waals surface area contributed by atoms with Crippen molar-refractivity contribution in [3.05, 3.63) is 59.4 Å². The highest BCUT2D eigenvalue weighted by Gasteiger charge is 2.19. The third-order valence-electron chi connectivity index (χ3n) is 5.34. The van der Waals surface area contributed by atoms with E-state index in [1.54, 1.807) is 14.2 Å². The maximum atomic E-state index is 13.1. The molecular formula is C23H29FN2O3. The number of methoxy groups -OCH3 is 2. The monoisotopic (exact) mass is 400 g/mol. The van der Waals surface area contributed by atoms with E-state index in [2.05, 4.69) is 4.90 Å². The van der Waals surface area contributed by atoms with Gasteiger partial charge >= 0.3 is 0 Å². The summed E-state index contributed by atoms with van der Waals surface area (Å²) in [6.07, 6.45) is 2.10. The SMILES string of the molecule is COc1ccc(CCC(=O)N2CCCN(Cc3ccc(F)cc3)CC2)cc1OC. The minimum absolute atomic E-state index is 0.184. The first-order valence-electron chi connectivity index (χ1n) is 10.0. The van der Waals surface area contributed by atoms with Gasteiger partial charge in [0.1, 0.15) is 5.82 Å². The van der Waals surface area contributed by atoms with E-state index in [0.29, 0.717) is 24.3 Å². The molecule has 3 rings (SSSR count). The zero-order chi connectivity index (χ0) is 20.6. The van der Waals surface area contributed by atoms with Crippen LogP contribution in [0.2, 0.25) is 0 Å². The van der Waals surface area contributed by atoms with Crippen LogP contribution in [0, 0.1) is 5.82 Å². The van der Waals surface area contributed by atoms with Crippen LogP contribution in [-0.2, 0) is 17.8 Å². The molecule has 2 aromatic carbocycles. The Morgan fingerprint density at radius 2 is 1.66 bits per heavy atom. The Morgan fingerprint density at radius 3 is 2.38 bits per heavy atom. The van der Waals surface area contributed by atoms with E-state index in [-0.39, 0.29) is 11.7 Å². The van der Waals surface area contributed by atoms with Crippen LogP contribution in [0.3, 0.4) is 0 Å². The number of carbonyl (C=O) groups excluding carboxylic acids is 1. The zero-order valence-corrected chi connectivity index (χ0v) is 17.2. The van der Waals surface area contributed by atoms with Crippen molar-refractivity contribution in [1.29, 1.82) is 0 Å². The van der Waals surface area contributed by atoms with E-state index < -0.39 is 0 Å². The predicted molar refractivity (Wildman–Crippen MR) is 111 cm³/mol. The van der Waals surface area contributed by atoms with Gasteiger partial charge in [-0.1, -0.05) is 18.2 Å². The summed E-state index contributed by atoms with van der Waals surface area (Å²) in [4.78, 5) is 17.0. The van der Waals surface area contributed by atoms with Crippen LogP contribution in [0.15, 0.2) is 42.5 Å². The number of ether oxygens (including phenoxy) is 2. The third kappa shape index (κ3) is 5.94.